The van der Waals surface area contributed by atoms with Gasteiger partial charge < -0.3 is 10.6 Å². The van der Waals surface area contributed by atoms with Gasteiger partial charge in [0.25, 0.3) is 0 Å². The summed E-state index contributed by atoms with van der Waals surface area (Å²) in [5, 5.41) is 7.95. The number of aliphatic imine (C=N–C) groups is 1. The van der Waals surface area contributed by atoms with Gasteiger partial charge in [-0.15, -0.1) is 11.3 Å². The standard InChI is InChI=1S/C17H30N4S/c1-4-18-17(19-11-10-15-8-6-5-7-9-15)20-12-16-13(2)21-14(3)22-16/h15H,4-12H2,1-3H3,(H2,18,19,20). The molecule has 1 aromatic heterocycles. The van der Waals surface area contributed by atoms with Crippen LogP contribution in [-0.4, -0.2) is 24.0 Å². The Hall–Kier alpha value is -1.10. The summed E-state index contributed by atoms with van der Waals surface area (Å²) in [4.78, 5) is 10.4. The maximum Gasteiger partial charge on any atom is 0.191 e. The van der Waals surface area contributed by atoms with Crippen molar-refractivity contribution >= 4 is 17.3 Å². The molecular weight excluding hydrogens is 292 g/mol. The Balaban J connectivity index is 1.80. The molecule has 1 aliphatic rings. The van der Waals surface area contributed by atoms with E-state index in [1.165, 1.54) is 43.4 Å². The largest absolute Gasteiger partial charge is 0.357 e. The molecule has 2 rings (SSSR count). The molecule has 0 bridgehead atoms. The number of thiazole rings is 1. The molecular formula is C17H30N4S. The number of nitrogens with zero attached hydrogens (tertiary/aromatic N) is 2. The number of hydrogen-bond acceptors (Lipinski definition) is 3. The summed E-state index contributed by atoms with van der Waals surface area (Å²) < 4.78 is 0. The zero-order valence-electron chi connectivity index (χ0n) is 14.2. The van der Waals surface area contributed by atoms with Crippen molar-refractivity contribution in [3.05, 3.63) is 15.6 Å². The Morgan fingerprint density at radius 1 is 1.23 bits per heavy atom. The van der Waals surface area contributed by atoms with Crippen molar-refractivity contribution in [3.63, 3.8) is 0 Å². The van der Waals surface area contributed by atoms with Crippen LogP contribution in [0.1, 0.15) is 61.0 Å². The van der Waals surface area contributed by atoms with Crippen molar-refractivity contribution in [1.29, 1.82) is 0 Å². The molecule has 1 fully saturated rings. The van der Waals surface area contributed by atoms with Crippen LogP contribution in [0.15, 0.2) is 4.99 Å². The topological polar surface area (TPSA) is 49.3 Å². The second-order valence-electron chi connectivity index (χ2n) is 6.16. The van der Waals surface area contributed by atoms with Crippen molar-refractivity contribution in [2.24, 2.45) is 10.9 Å². The molecule has 0 saturated heterocycles. The summed E-state index contributed by atoms with van der Waals surface area (Å²) in [7, 11) is 0. The molecule has 1 heterocycles. The predicted molar refractivity (Wildman–Crippen MR) is 95.6 cm³/mol. The van der Waals surface area contributed by atoms with Crippen LogP contribution in [0, 0.1) is 19.8 Å². The smallest absolute Gasteiger partial charge is 0.191 e. The Bertz CT molecular complexity index is 475. The molecule has 124 valence electrons. The first-order valence-corrected chi connectivity index (χ1v) is 9.45. The van der Waals surface area contributed by atoms with E-state index in [1.54, 1.807) is 11.3 Å². The van der Waals surface area contributed by atoms with Gasteiger partial charge in [-0.2, -0.15) is 0 Å². The summed E-state index contributed by atoms with van der Waals surface area (Å²) in [6, 6.07) is 0. The fraction of sp³-hybridized carbons (Fsp3) is 0.765. The van der Waals surface area contributed by atoms with E-state index in [1.807, 2.05) is 0 Å². The van der Waals surface area contributed by atoms with Gasteiger partial charge in [-0.25, -0.2) is 9.98 Å². The third-order valence-electron chi connectivity index (χ3n) is 4.29. The highest BCUT2D eigenvalue weighted by Crippen LogP contribution is 2.25. The molecule has 2 N–H and O–H groups in total. The molecule has 0 unspecified atom stereocenters. The van der Waals surface area contributed by atoms with Crippen molar-refractivity contribution in [1.82, 2.24) is 15.6 Å². The zero-order chi connectivity index (χ0) is 15.8. The van der Waals surface area contributed by atoms with Crippen molar-refractivity contribution in [2.75, 3.05) is 13.1 Å². The van der Waals surface area contributed by atoms with Gasteiger partial charge in [0, 0.05) is 18.0 Å². The van der Waals surface area contributed by atoms with E-state index in [9.17, 15) is 0 Å². The van der Waals surface area contributed by atoms with Gasteiger partial charge in [0.1, 0.15) is 0 Å². The van der Waals surface area contributed by atoms with Crippen molar-refractivity contribution in [3.8, 4) is 0 Å². The average Bonchev–Trinajstić information content (AvgIpc) is 2.84. The molecule has 0 spiro atoms. The molecule has 0 aromatic carbocycles. The quantitative estimate of drug-likeness (QED) is 0.619. The highest BCUT2D eigenvalue weighted by atomic mass is 32.1. The molecule has 1 saturated carbocycles. The van der Waals surface area contributed by atoms with E-state index >= 15 is 0 Å². The fourth-order valence-corrected chi connectivity index (χ4v) is 3.94. The molecule has 4 nitrogen and oxygen atoms in total. The number of aryl methyl sites for hydroxylation is 2. The predicted octanol–water partition coefficient (Wildman–Crippen LogP) is 3.79. The van der Waals surface area contributed by atoms with Gasteiger partial charge in [-0.05, 0) is 33.1 Å². The molecule has 0 atom stereocenters. The van der Waals surface area contributed by atoms with Crippen molar-refractivity contribution < 1.29 is 0 Å². The lowest BCUT2D eigenvalue weighted by molar-refractivity contribution is 0.339. The number of rotatable bonds is 6. The first kappa shape index (κ1) is 17.3. The van der Waals surface area contributed by atoms with Crippen LogP contribution in [0.5, 0.6) is 0 Å². The third-order valence-corrected chi connectivity index (χ3v) is 5.35. The Morgan fingerprint density at radius 2 is 2.00 bits per heavy atom. The van der Waals surface area contributed by atoms with E-state index in [2.05, 4.69) is 36.4 Å². The van der Waals surface area contributed by atoms with E-state index < -0.39 is 0 Å². The van der Waals surface area contributed by atoms with Gasteiger partial charge in [-0.3, -0.25) is 0 Å². The molecule has 5 heteroatoms. The second kappa shape index (κ2) is 9.13. The van der Waals surface area contributed by atoms with E-state index in [0.717, 1.165) is 42.2 Å². The summed E-state index contributed by atoms with van der Waals surface area (Å²) in [5.74, 6) is 1.85. The highest BCUT2D eigenvalue weighted by Gasteiger charge is 2.13. The number of aromatic nitrogens is 1. The number of nitrogens with one attached hydrogen (secondary N) is 2. The normalized spacial score (nSPS) is 16.8. The van der Waals surface area contributed by atoms with Crippen LogP contribution in [-0.2, 0) is 6.54 Å². The van der Waals surface area contributed by atoms with Crippen LogP contribution in [0.4, 0.5) is 0 Å². The minimum absolute atomic E-state index is 0.718. The lowest BCUT2D eigenvalue weighted by atomic mass is 9.87. The molecule has 1 aliphatic carbocycles. The summed E-state index contributed by atoms with van der Waals surface area (Å²) in [6.45, 7) is 8.87. The monoisotopic (exact) mass is 322 g/mol. The summed E-state index contributed by atoms with van der Waals surface area (Å²) in [5.41, 5.74) is 1.12. The minimum Gasteiger partial charge on any atom is -0.357 e. The molecule has 0 aliphatic heterocycles. The minimum atomic E-state index is 0.718. The van der Waals surface area contributed by atoms with Crippen LogP contribution in [0.3, 0.4) is 0 Å². The zero-order valence-corrected chi connectivity index (χ0v) is 15.1. The first-order chi connectivity index (χ1) is 10.7. The Morgan fingerprint density at radius 3 is 2.64 bits per heavy atom. The molecule has 22 heavy (non-hydrogen) atoms. The number of hydrogen-bond donors (Lipinski definition) is 2. The third kappa shape index (κ3) is 5.59. The highest BCUT2D eigenvalue weighted by molar-refractivity contribution is 7.11. The fourth-order valence-electron chi connectivity index (χ4n) is 3.08. The first-order valence-electron chi connectivity index (χ1n) is 8.64. The lowest BCUT2D eigenvalue weighted by Crippen LogP contribution is -2.38. The van der Waals surface area contributed by atoms with Crippen LogP contribution < -0.4 is 10.6 Å². The van der Waals surface area contributed by atoms with Gasteiger partial charge in [0.05, 0.1) is 17.2 Å². The van der Waals surface area contributed by atoms with E-state index in [-0.39, 0.29) is 0 Å². The SMILES string of the molecule is CCNC(=NCc1sc(C)nc1C)NCCC1CCCCC1. The van der Waals surface area contributed by atoms with E-state index in [4.69, 9.17) is 4.99 Å². The van der Waals surface area contributed by atoms with Crippen LogP contribution in [0.25, 0.3) is 0 Å². The Labute approximate surface area is 138 Å². The van der Waals surface area contributed by atoms with E-state index in [0.29, 0.717) is 0 Å². The summed E-state index contributed by atoms with van der Waals surface area (Å²) in [6.07, 6.45) is 8.36. The van der Waals surface area contributed by atoms with Gasteiger partial charge >= 0.3 is 0 Å². The van der Waals surface area contributed by atoms with Crippen LogP contribution >= 0.6 is 11.3 Å². The molecule has 0 amide bonds. The maximum absolute atomic E-state index is 4.71. The van der Waals surface area contributed by atoms with Gasteiger partial charge in [-0.1, -0.05) is 32.1 Å². The second-order valence-corrected chi connectivity index (χ2v) is 7.44. The maximum atomic E-state index is 4.71. The lowest BCUT2D eigenvalue weighted by Gasteiger charge is -2.22. The number of guanidine groups is 1. The molecule has 1 aromatic rings. The Kier molecular flexibility index (Phi) is 7.16. The summed E-state index contributed by atoms with van der Waals surface area (Å²) >= 11 is 1.75. The molecule has 0 radical (unpaired) electrons. The van der Waals surface area contributed by atoms with Gasteiger partial charge in [0.15, 0.2) is 5.96 Å². The van der Waals surface area contributed by atoms with Crippen LogP contribution in [0.2, 0.25) is 0 Å². The average molecular weight is 323 g/mol. The van der Waals surface area contributed by atoms with Gasteiger partial charge in [0.2, 0.25) is 0 Å². The van der Waals surface area contributed by atoms with Crippen molar-refractivity contribution in [2.45, 2.75) is 65.8 Å².